The number of nitrogens with two attached hydrogens (primary N) is 1. The van der Waals surface area contributed by atoms with Crippen LogP contribution < -0.4 is 15.8 Å². The first kappa shape index (κ1) is 18.5. The van der Waals surface area contributed by atoms with E-state index in [0.717, 1.165) is 37.0 Å². The van der Waals surface area contributed by atoms with Gasteiger partial charge in [-0.2, -0.15) is 0 Å². The number of halogens is 1. The number of hydrogen-bond acceptors (Lipinski definition) is 5. The molecule has 1 rings (SSSR count). The van der Waals surface area contributed by atoms with Crippen LogP contribution in [0.25, 0.3) is 0 Å². The molecule has 0 aromatic carbocycles. The molecule has 0 bridgehead atoms. The summed E-state index contributed by atoms with van der Waals surface area (Å²) < 4.78 is 27.0. The molecule has 0 fully saturated rings. The Labute approximate surface area is 140 Å². The third-order valence-corrected chi connectivity index (χ3v) is 6.43. The molecular weight excluding hydrogens is 350 g/mol. The van der Waals surface area contributed by atoms with Gasteiger partial charge in [-0.3, -0.25) is 4.72 Å². The number of nitrogen functional groups attached to an aromatic ring is 1. The first-order valence-corrected chi connectivity index (χ1v) is 9.76. The lowest BCUT2D eigenvalue weighted by atomic mass is 10.1. The van der Waals surface area contributed by atoms with E-state index in [9.17, 15) is 8.42 Å². The van der Waals surface area contributed by atoms with E-state index in [2.05, 4.69) is 17.0 Å². The summed E-state index contributed by atoms with van der Waals surface area (Å²) >= 11 is 11.7. The number of nitrogens with one attached hydrogen (secondary N) is 2. The fourth-order valence-electron chi connectivity index (χ4n) is 1.78. The summed E-state index contributed by atoms with van der Waals surface area (Å²) in [6.07, 6.45) is 3.96. The number of thiocarbonyl (C=S) groups is 1. The maximum atomic E-state index is 12.2. The van der Waals surface area contributed by atoms with Crippen LogP contribution in [0.3, 0.4) is 0 Å². The summed E-state index contributed by atoms with van der Waals surface area (Å²) in [5, 5.41) is 3.11. The van der Waals surface area contributed by atoms with Gasteiger partial charge in [0.2, 0.25) is 0 Å². The zero-order chi connectivity index (χ0) is 16.0. The van der Waals surface area contributed by atoms with Crippen molar-refractivity contribution in [2.75, 3.05) is 5.73 Å². The predicted octanol–water partition coefficient (Wildman–Crippen LogP) is 3.11. The predicted molar refractivity (Wildman–Crippen MR) is 93.4 cm³/mol. The van der Waals surface area contributed by atoms with Crippen molar-refractivity contribution < 1.29 is 8.42 Å². The molecule has 1 atom stereocenters. The van der Waals surface area contributed by atoms with Gasteiger partial charge in [-0.25, -0.2) is 8.42 Å². The minimum atomic E-state index is -3.79. The van der Waals surface area contributed by atoms with Crippen LogP contribution in [0.2, 0.25) is 4.34 Å². The van der Waals surface area contributed by atoms with Gasteiger partial charge < -0.3 is 11.1 Å². The molecule has 5 nitrogen and oxygen atoms in total. The van der Waals surface area contributed by atoms with Crippen molar-refractivity contribution in [3.63, 3.8) is 0 Å². The Kier molecular flexibility index (Phi) is 7.19. The SMILES string of the molecule is CCCCC(CC)NC(=S)NS(=O)(=O)c1sc(Cl)cc1N. The Bertz CT molecular complexity index is 587. The summed E-state index contributed by atoms with van der Waals surface area (Å²) in [6, 6.07) is 1.57. The van der Waals surface area contributed by atoms with Crippen LogP contribution in [-0.2, 0) is 10.0 Å². The highest BCUT2D eigenvalue weighted by Crippen LogP contribution is 2.32. The second-order valence-electron chi connectivity index (χ2n) is 4.62. The summed E-state index contributed by atoms with van der Waals surface area (Å²) in [5.74, 6) is 0. The van der Waals surface area contributed by atoms with Gasteiger partial charge >= 0.3 is 0 Å². The van der Waals surface area contributed by atoms with Gasteiger partial charge in [0.25, 0.3) is 10.0 Å². The lowest BCUT2D eigenvalue weighted by Crippen LogP contribution is -2.44. The Morgan fingerprint density at radius 3 is 2.67 bits per heavy atom. The maximum Gasteiger partial charge on any atom is 0.275 e. The Balaban J connectivity index is 2.71. The fraction of sp³-hybridized carbons (Fsp3) is 0.583. The van der Waals surface area contributed by atoms with Crippen molar-refractivity contribution in [1.29, 1.82) is 0 Å². The quantitative estimate of drug-likeness (QED) is 0.643. The van der Waals surface area contributed by atoms with E-state index in [0.29, 0.717) is 4.34 Å². The van der Waals surface area contributed by atoms with Crippen molar-refractivity contribution >= 4 is 56.0 Å². The molecule has 1 unspecified atom stereocenters. The molecule has 0 saturated carbocycles. The van der Waals surface area contributed by atoms with E-state index < -0.39 is 10.0 Å². The van der Waals surface area contributed by atoms with Crippen LogP contribution >= 0.6 is 35.2 Å². The molecule has 0 aliphatic rings. The van der Waals surface area contributed by atoms with Crippen molar-refractivity contribution in [2.45, 2.75) is 49.8 Å². The highest BCUT2D eigenvalue weighted by Gasteiger charge is 2.22. The fourth-order valence-corrected chi connectivity index (χ4v) is 4.90. The molecule has 0 spiro atoms. The highest BCUT2D eigenvalue weighted by molar-refractivity contribution is 7.93. The molecule has 0 amide bonds. The van der Waals surface area contributed by atoms with Gasteiger partial charge in [0.05, 0.1) is 10.0 Å². The lowest BCUT2D eigenvalue weighted by Gasteiger charge is -2.19. The van der Waals surface area contributed by atoms with Crippen molar-refractivity contribution in [1.82, 2.24) is 10.0 Å². The highest BCUT2D eigenvalue weighted by atomic mass is 35.5. The average Bonchev–Trinajstić information content (AvgIpc) is 2.73. The molecule has 0 aliphatic heterocycles. The van der Waals surface area contributed by atoms with Gasteiger partial charge in [0.15, 0.2) is 9.32 Å². The molecular formula is C12H20ClN3O2S3. The Hall–Kier alpha value is -0.570. The molecule has 0 aliphatic carbocycles. The molecule has 0 saturated heterocycles. The number of sulfonamides is 1. The molecule has 21 heavy (non-hydrogen) atoms. The zero-order valence-corrected chi connectivity index (χ0v) is 15.2. The van der Waals surface area contributed by atoms with E-state index in [-0.39, 0.29) is 21.1 Å². The van der Waals surface area contributed by atoms with Crippen molar-refractivity contribution in [3.05, 3.63) is 10.4 Å². The normalized spacial score (nSPS) is 12.9. The lowest BCUT2D eigenvalue weighted by molar-refractivity contribution is 0.517. The summed E-state index contributed by atoms with van der Waals surface area (Å²) in [5.41, 5.74) is 5.76. The van der Waals surface area contributed by atoms with E-state index in [1.807, 2.05) is 6.92 Å². The number of thiophene rings is 1. The molecule has 4 N–H and O–H groups in total. The first-order chi connectivity index (χ1) is 9.80. The summed E-state index contributed by atoms with van der Waals surface area (Å²) in [6.45, 7) is 4.14. The van der Waals surface area contributed by atoms with Crippen LogP contribution in [0, 0.1) is 0 Å². The van der Waals surface area contributed by atoms with Crippen LogP contribution in [-0.4, -0.2) is 19.6 Å². The van der Waals surface area contributed by atoms with E-state index >= 15 is 0 Å². The molecule has 0 radical (unpaired) electrons. The van der Waals surface area contributed by atoms with Gasteiger partial charge in [-0.05, 0) is 31.1 Å². The topological polar surface area (TPSA) is 84.2 Å². The molecule has 1 heterocycles. The maximum absolute atomic E-state index is 12.2. The van der Waals surface area contributed by atoms with Gasteiger partial charge in [-0.1, -0.05) is 38.3 Å². The number of rotatable bonds is 7. The molecule has 120 valence electrons. The van der Waals surface area contributed by atoms with E-state index in [1.165, 1.54) is 6.07 Å². The van der Waals surface area contributed by atoms with Crippen LogP contribution in [0.15, 0.2) is 10.3 Å². The summed E-state index contributed by atoms with van der Waals surface area (Å²) in [4.78, 5) is 0. The second-order valence-corrected chi connectivity index (χ2v) is 8.59. The van der Waals surface area contributed by atoms with Crippen molar-refractivity contribution in [2.24, 2.45) is 0 Å². The third kappa shape index (κ3) is 5.61. The van der Waals surface area contributed by atoms with Gasteiger partial charge in [-0.15, -0.1) is 11.3 Å². The van der Waals surface area contributed by atoms with Gasteiger partial charge in [0, 0.05) is 6.04 Å². The molecule has 1 aromatic heterocycles. The summed E-state index contributed by atoms with van der Waals surface area (Å²) in [7, 11) is -3.79. The smallest absolute Gasteiger partial charge is 0.275 e. The molecule has 1 aromatic rings. The number of unbranched alkanes of at least 4 members (excludes halogenated alkanes) is 1. The van der Waals surface area contributed by atoms with Crippen molar-refractivity contribution in [3.8, 4) is 0 Å². The van der Waals surface area contributed by atoms with E-state index in [4.69, 9.17) is 29.6 Å². The molecule has 9 heteroatoms. The first-order valence-electron chi connectivity index (χ1n) is 6.68. The van der Waals surface area contributed by atoms with Crippen LogP contribution in [0.5, 0.6) is 0 Å². The van der Waals surface area contributed by atoms with E-state index in [1.54, 1.807) is 0 Å². The minimum absolute atomic E-state index is 0.0155. The number of anilines is 1. The number of hydrogen-bond donors (Lipinski definition) is 3. The Morgan fingerprint density at radius 1 is 1.52 bits per heavy atom. The average molecular weight is 370 g/mol. The Morgan fingerprint density at radius 2 is 2.19 bits per heavy atom. The second kappa shape index (κ2) is 8.17. The standard InChI is InChI=1S/C12H20ClN3O2S3/c1-3-5-6-8(4-2)15-12(19)16-21(17,18)11-9(14)7-10(13)20-11/h7-8H,3-6,14H2,1-2H3,(H2,15,16,19). The minimum Gasteiger partial charge on any atom is -0.397 e. The third-order valence-electron chi connectivity index (χ3n) is 2.90. The van der Waals surface area contributed by atoms with Crippen LogP contribution in [0.1, 0.15) is 39.5 Å². The van der Waals surface area contributed by atoms with Crippen LogP contribution in [0.4, 0.5) is 5.69 Å². The van der Waals surface area contributed by atoms with Gasteiger partial charge in [0.1, 0.15) is 0 Å². The zero-order valence-electron chi connectivity index (χ0n) is 12.0. The monoisotopic (exact) mass is 369 g/mol. The largest absolute Gasteiger partial charge is 0.397 e.